The minimum absolute atomic E-state index is 0.0743. The van der Waals surface area contributed by atoms with Gasteiger partial charge in [-0.2, -0.15) is 0 Å². The van der Waals surface area contributed by atoms with E-state index in [9.17, 15) is 15.0 Å². The van der Waals surface area contributed by atoms with Crippen LogP contribution in [0.15, 0.2) is 42.5 Å². The van der Waals surface area contributed by atoms with Crippen LogP contribution in [0, 0.1) is 0 Å². The van der Waals surface area contributed by atoms with Gasteiger partial charge in [0.2, 0.25) is 0 Å². The van der Waals surface area contributed by atoms with E-state index in [-0.39, 0.29) is 17.2 Å². The van der Waals surface area contributed by atoms with Crippen LogP contribution >= 0.6 is 0 Å². The second kappa shape index (κ2) is 9.85. The van der Waals surface area contributed by atoms with Crippen molar-refractivity contribution in [1.82, 2.24) is 0 Å². The maximum atomic E-state index is 11.5. The van der Waals surface area contributed by atoms with E-state index >= 15 is 0 Å². The molecule has 2 aromatic rings. The maximum Gasteiger partial charge on any atom is 0.339 e. The number of unbranched alkanes of at least 4 members (excludes halogenated alkanes) is 3. The highest BCUT2D eigenvalue weighted by Gasteiger charge is 2.20. The molecule has 2 rings (SSSR count). The Kier molecular flexibility index (Phi) is 7.52. The largest absolute Gasteiger partial charge is 0.507 e. The van der Waals surface area contributed by atoms with Crippen LogP contribution in [0.2, 0.25) is 0 Å². The summed E-state index contributed by atoms with van der Waals surface area (Å²) in [7, 11) is 0. The van der Waals surface area contributed by atoms with Crippen LogP contribution < -0.4 is 4.74 Å². The normalized spacial score (nSPS) is 11.9. The zero-order chi connectivity index (χ0) is 18.9. The first-order valence-electron chi connectivity index (χ1n) is 9.29. The second-order valence-electron chi connectivity index (χ2n) is 6.74. The predicted molar refractivity (Wildman–Crippen MR) is 103 cm³/mol. The molecule has 2 aromatic carbocycles. The van der Waals surface area contributed by atoms with E-state index in [2.05, 4.69) is 6.92 Å². The Balaban J connectivity index is 2.17. The molecule has 0 saturated carbocycles. The maximum absolute atomic E-state index is 11.5. The van der Waals surface area contributed by atoms with Crippen LogP contribution in [0.5, 0.6) is 11.5 Å². The summed E-state index contributed by atoms with van der Waals surface area (Å²) in [6, 6.07) is 12.9. The molecule has 0 radical (unpaired) electrons. The van der Waals surface area contributed by atoms with Crippen molar-refractivity contribution in [2.75, 3.05) is 0 Å². The van der Waals surface area contributed by atoms with E-state index in [1.54, 1.807) is 6.07 Å². The molecule has 0 aliphatic heterocycles. The number of rotatable bonds is 10. The topological polar surface area (TPSA) is 66.8 Å². The lowest BCUT2D eigenvalue weighted by Crippen LogP contribution is -2.04. The molecule has 1 atom stereocenters. The summed E-state index contributed by atoms with van der Waals surface area (Å²) in [4.78, 5) is 11.5. The smallest absolute Gasteiger partial charge is 0.339 e. The van der Waals surface area contributed by atoms with E-state index in [1.165, 1.54) is 18.9 Å². The molecule has 0 saturated heterocycles. The third-order valence-electron chi connectivity index (χ3n) is 4.61. The fourth-order valence-electron chi connectivity index (χ4n) is 3.03. The summed E-state index contributed by atoms with van der Waals surface area (Å²) in [6.07, 6.45) is 5.49. The van der Waals surface area contributed by atoms with Gasteiger partial charge in [-0.15, -0.1) is 0 Å². The van der Waals surface area contributed by atoms with Gasteiger partial charge >= 0.3 is 5.97 Å². The van der Waals surface area contributed by atoms with Gasteiger partial charge in [0.1, 0.15) is 23.7 Å². The van der Waals surface area contributed by atoms with E-state index in [0.717, 1.165) is 24.8 Å². The summed E-state index contributed by atoms with van der Waals surface area (Å²) in [5, 5.41) is 19.8. The Morgan fingerprint density at radius 3 is 2.50 bits per heavy atom. The quantitative estimate of drug-likeness (QED) is 0.532. The molecule has 0 aliphatic rings. The standard InChI is InChI=1S/C22H28O4/c1-3-4-5-7-10-16(2)19-13-18(14-20(21(19)23)22(24)25)26-15-17-11-8-6-9-12-17/h6,8-9,11-14,16,23H,3-5,7,10,15H2,1-2H3,(H,24,25). The Bertz CT molecular complexity index is 710. The van der Waals surface area contributed by atoms with Gasteiger partial charge in [-0.3, -0.25) is 0 Å². The molecule has 4 nitrogen and oxygen atoms in total. The van der Waals surface area contributed by atoms with Crippen molar-refractivity contribution in [2.45, 2.75) is 58.5 Å². The predicted octanol–water partition coefficient (Wildman–Crippen LogP) is 5.74. The van der Waals surface area contributed by atoms with Gasteiger partial charge in [0.25, 0.3) is 0 Å². The average molecular weight is 356 g/mol. The van der Waals surface area contributed by atoms with Crippen LogP contribution in [0.25, 0.3) is 0 Å². The highest BCUT2D eigenvalue weighted by molar-refractivity contribution is 5.92. The molecule has 0 heterocycles. The Hall–Kier alpha value is -2.49. The van der Waals surface area contributed by atoms with Gasteiger partial charge < -0.3 is 14.9 Å². The van der Waals surface area contributed by atoms with Crippen molar-refractivity contribution in [3.63, 3.8) is 0 Å². The zero-order valence-corrected chi connectivity index (χ0v) is 15.6. The molecule has 1 unspecified atom stereocenters. The van der Waals surface area contributed by atoms with Crippen molar-refractivity contribution >= 4 is 5.97 Å². The van der Waals surface area contributed by atoms with Gasteiger partial charge in [-0.25, -0.2) is 4.79 Å². The first-order chi connectivity index (χ1) is 12.5. The number of ether oxygens (including phenoxy) is 1. The van der Waals surface area contributed by atoms with Gasteiger partial charge in [-0.1, -0.05) is 69.9 Å². The minimum Gasteiger partial charge on any atom is -0.507 e. The van der Waals surface area contributed by atoms with Crippen LogP contribution in [0.1, 0.15) is 73.4 Å². The van der Waals surface area contributed by atoms with E-state index < -0.39 is 5.97 Å². The first-order valence-corrected chi connectivity index (χ1v) is 9.29. The van der Waals surface area contributed by atoms with Crippen molar-refractivity contribution in [1.29, 1.82) is 0 Å². The first kappa shape index (κ1) is 19.8. The Labute approximate surface area is 155 Å². The molecular formula is C22H28O4. The summed E-state index contributed by atoms with van der Waals surface area (Å²) < 4.78 is 5.80. The number of aromatic hydroxyl groups is 1. The lowest BCUT2D eigenvalue weighted by molar-refractivity contribution is 0.0693. The van der Waals surface area contributed by atoms with Crippen LogP contribution in [-0.2, 0) is 6.61 Å². The van der Waals surface area contributed by atoms with Crippen LogP contribution in [0.3, 0.4) is 0 Å². The molecule has 0 aromatic heterocycles. The summed E-state index contributed by atoms with van der Waals surface area (Å²) in [5.74, 6) is -0.746. The van der Waals surface area contributed by atoms with Crippen molar-refractivity contribution in [3.8, 4) is 11.5 Å². The van der Waals surface area contributed by atoms with Crippen LogP contribution in [0.4, 0.5) is 0 Å². The van der Waals surface area contributed by atoms with Gasteiger partial charge in [0, 0.05) is 5.56 Å². The molecule has 2 N–H and O–H groups in total. The van der Waals surface area contributed by atoms with E-state index in [1.807, 2.05) is 37.3 Å². The van der Waals surface area contributed by atoms with Gasteiger partial charge in [-0.05, 0) is 30.0 Å². The number of carbonyl (C=O) groups is 1. The third-order valence-corrected chi connectivity index (χ3v) is 4.61. The minimum atomic E-state index is -1.15. The van der Waals surface area contributed by atoms with Crippen molar-refractivity contribution < 1.29 is 19.7 Å². The average Bonchev–Trinajstić information content (AvgIpc) is 2.64. The molecule has 26 heavy (non-hydrogen) atoms. The molecule has 0 bridgehead atoms. The van der Waals surface area contributed by atoms with Crippen LogP contribution in [-0.4, -0.2) is 16.2 Å². The number of carboxylic acids is 1. The molecule has 140 valence electrons. The van der Waals surface area contributed by atoms with E-state index in [4.69, 9.17) is 4.74 Å². The lowest BCUT2D eigenvalue weighted by atomic mass is 9.92. The Morgan fingerprint density at radius 1 is 1.12 bits per heavy atom. The summed E-state index contributed by atoms with van der Waals surface area (Å²) in [6.45, 7) is 4.55. The number of aromatic carboxylic acids is 1. The van der Waals surface area contributed by atoms with Crippen molar-refractivity contribution in [3.05, 3.63) is 59.2 Å². The Morgan fingerprint density at radius 2 is 1.85 bits per heavy atom. The molecule has 0 fully saturated rings. The number of benzene rings is 2. The highest BCUT2D eigenvalue weighted by atomic mass is 16.5. The highest BCUT2D eigenvalue weighted by Crippen LogP contribution is 2.36. The monoisotopic (exact) mass is 356 g/mol. The van der Waals surface area contributed by atoms with Gasteiger partial charge in [0.05, 0.1) is 0 Å². The number of phenols is 1. The third kappa shape index (κ3) is 5.51. The summed E-state index contributed by atoms with van der Waals surface area (Å²) in [5.41, 5.74) is 1.54. The van der Waals surface area contributed by atoms with Gasteiger partial charge in [0.15, 0.2) is 0 Å². The number of hydrogen-bond acceptors (Lipinski definition) is 3. The fraction of sp³-hybridized carbons (Fsp3) is 0.409. The fourth-order valence-corrected chi connectivity index (χ4v) is 3.03. The lowest BCUT2D eigenvalue weighted by Gasteiger charge is -2.17. The molecular weight excluding hydrogens is 328 g/mol. The van der Waals surface area contributed by atoms with Crippen molar-refractivity contribution in [2.24, 2.45) is 0 Å². The molecule has 4 heteroatoms. The number of hydrogen-bond donors (Lipinski definition) is 2. The molecule has 0 aliphatic carbocycles. The van der Waals surface area contributed by atoms with E-state index in [0.29, 0.717) is 17.9 Å². The molecule has 0 amide bonds. The second-order valence-corrected chi connectivity index (χ2v) is 6.74. The SMILES string of the molecule is CCCCCCC(C)c1cc(OCc2ccccc2)cc(C(=O)O)c1O. The zero-order valence-electron chi connectivity index (χ0n) is 15.6. The number of carboxylic acid groups (broad SMARTS) is 1. The molecule has 0 spiro atoms. The summed E-state index contributed by atoms with van der Waals surface area (Å²) >= 11 is 0.